The summed E-state index contributed by atoms with van der Waals surface area (Å²) in [4.78, 5) is 24.4. The van der Waals surface area contributed by atoms with Crippen molar-refractivity contribution in [2.45, 2.75) is 0 Å². The van der Waals surface area contributed by atoms with Crippen LogP contribution in [-0.2, 0) is 4.79 Å². The highest BCUT2D eigenvalue weighted by Crippen LogP contribution is 2.32. The van der Waals surface area contributed by atoms with Crippen LogP contribution in [-0.4, -0.2) is 63.2 Å². The van der Waals surface area contributed by atoms with E-state index >= 15 is 0 Å². The Bertz CT molecular complexity index is 1190. The Kier molecular flexibility index (Phi) is 8.06. The fourth-order valence-electron chi connectivity index (χ4n) is 3.07. The summed E-state index contributed by atoms with van der Waals surface area (Å²) in [5.41, 5.74) is 4.82. The number of ether oxygens (including phenoxy) is 4. The van der Waals surface area contributed by atoms with Gasteiger partial charge in [-0.15, -0.1) is 0 Å². The Morgan fingerprint density at radius 2 is 1.59 bits per heavy atom. The summed E-state index contributed by atoms with van der Waals surface area (Å²) in [5, 5.41) is 13.4. The van der Waals surface area contributed by atoms with E-state index in [2.05, 4.69) is 26.0 Å². The van der Waals surface area contributed by atoms with E-state index in [1.807, 2.05) is 6.07 Å². The fourth-order valence-corrected chi connectivity index (χ4v) is 3.07. The lowest BCUT2D eigenvalue weighted by Crippen LogP contribution is -2.34. The molecule has 0 saturated carbocycles. The first-order chi connectivity index (χ1) is 16.5. The van der Waals surface area contributed by atoms with Gasteiger partial charge in [-0.3, -0.25) is 14.7 Å². The number of aromatic amines is 1. The predicted molar refractivity (Wildman–Crippen MR) is 125 cm³/mol. The molecule has 0 atom stereocenters. The third kappa shape index (κ3) is 5.63. The van der Waals surface area contributed by atoms with Gasteiger partial charge in [-0.1, -0.05) is 0 Å². The number of nitrogens with one attached hydrogen (secondary N) is 3. The first kappa shape index (κ1) is 24.1. The molecule has 0 aliphatic heterocycles. The van der Waals surface area contributed by atoms with Crippen LogP contribution < -0.4 is 29.7 Å². The number of rotatable bonds is 10. The van der Waals surface area contributed by atoms with E-state index in [-0.39, 0.29) is 6.54 Å². The second-order valence-corrected chi connectivity index (χ2v) is 6.82. The number of hydrazone groups is 1. The zero-order valence-corrected chi connectivity index (χ0v) is 19.2. The number of methoxy groups -OCH3 is 4. The minimum atomic E-state index is -0.499. The van der Waals surface area contributed by atoms with Gasteiger partial charge in [-0.25, -0.2) is 5.43 Å². The van der Waals surface area contributed by atoms with Gasteiger partial charge in [0.05, 0.1) is 53.1 Å². The number of carbonyl (C=O) groups excluding carboxylic acids is 2. The summed E-state index contributed by atoms with van der Waals surface area (Å²) in [7, 11) is 6.09. The van der Waals surface area contributed by atoms with Crippen LogP contribution >= 0.6 is 0 Å². The molecule has 3 rings (SSSR count). The predicted octanol–water partition coefficient (Wildman–Crippen LogP) is 1.99. The lowest BCUT2D eigenvalue weighted by molar-refractivity contribution is -0.120. The van der Waals surface area contributed by atoms with E-state index in [1.54, 1.807) is 44.7 Å². The second-order valence-electron chi connectivity index (χ2n) is 6.82. The van der Waals surface area contributed by atoms with Crippen LogP contribution in [0.15, 0.2) is 47.7 Å². The van der Waals surface area contributed by atoms with Crippen molar-refractivity contribution in [3.63, 3.8) is 0 Å². The summed E-state index contributed by atoms with van der Waals surface area (Å²) in [6.45, 7) is -0.265. The van der Waals surface area contributed by atoms with Crippen LogP contribution in [0.1, 0.15) is 15.9 Å². The van der Waals surface area contributed by atoms with Gasteiger partial charge in [0.1, 0.15) is 0 Å². The molecule has 0 unspecified atom stereocenters. The Morgan fingerprint density at radius 1 is 0.941 bits per heavy atom. The van der Waals surface area contributed by atoms with Gasteiger partial charge in [-0.05, 0) is 36.4 Å². The first-order valence-electron chi connectivity index (χ1n) is 10.1. The SMILES string of the molecule is COc1ccc(C(=O)NCC(=O)N/N=C/c2cn[nH]c2-c2ccc(OC)c(OC)c2)cc1OC. The summed E-state index contributed by atoms with van der Waals surface area (Å²) in [5.74, 6) is 1.14. The van der Waals surface area contributed by atoms with Gasteiger partial charge in [-0.2, -0.15) is 10.2 Å². The van der Waals surface area contributed by atoms with Crippen molar-refractivity contribution in [2.24, 2.45) is 5.10 Å². The quantitative estimate of drug-likeness (QED) is 0.306. The van der Waals surface area contributed by atoms with Crippen molar-refractivity contribution in [1.82, 2.24) is 20.9 Å². The third-order valence-corrected chi connectivity index (χ3v) is 4.79. The average Bonchev–Trinajstić information content (AvgIpc) is 3.34. The highest BCUT2D eigenvalue weighted by atomic mass is 16.5. The number of hydrogen-bond donors (Lipinski definition) is 3. The monoisotopic (exact) mass is 467 g/mol. The summed E-state index contributed by atoms with van der Waals surface area (Å²) in [6.07, 6.45) is 3.02. The third-order valence-electron chi connectivity index (χ3n) is 4.79. The molecule has 11 nitrogen and oxygen atoms in total. The molecule has 11 heteroatoms. The van der Waals surface area contributed by atoms with Crippen molar-refractivity contribution in [3.05, 3.63) is 53.7 Å². The van der Waals surface area contributed by atoms with E-state index in [1.165, 1.54) is 26.5 Å². The molecule has 1 heterocycles. The van der Waals surface area contributed by atoms with Gasteiger partial charge in [0.25, 0.3) is 11.8 Å². The molecule has 0 spiro atoms. The zero-order valence-electron chi connectivity index (χ0n) is 19.2. The molecule has 0 aliphatic rings. The fraction of sp³-hybridized carbons (Fsp3) is 0.217. The Morgan fingerprint density at radius 3 is 2.26 bits per heavy atom. The molecular weight excluding hydrogens is 442 g/mol. The molecule has 2 aromatic carbocycles. The number of H-pyrrole nitrogens is 1. The minimum Gasteiger partial charge on any atom is -0.493 e. The molecule has 0 fully saturated rings. The molecule has 0 radical (unpaired) electrons. The smallest absolute Gasteiger partial charge is 0.259 e. The van der Waals surface area contributed by atoms with E-state index in [0.29, 0.717) is 39.8 Å². The van der Waals surface area contributed by atoms with Gasteiger partial charge in [0.15, 0.2) is 23.0 Å². The summed E-state index contributed by atoms with van der Waals surface area (Å²) in [6, 6.07) is 10.1. The first-order valence-corrected chi connectivity index (χ1v) is 10.1. The summed E-state index contributed by atoms with van der Waals surface area (Å²) < 4.78 is 20.9. The molecule has 0 saturated heterocycles. The van der Waals surface area contributed by atoms with Crippen molar-refractivity contribution < 1.29 is 28.5 Å². The Balaban J connectivity index is 1.58. The lowest BCUT2D eigenvalue weighted by atomic mass is 10.1. The second kappa shape index (κ2) is 11.4. The van der Waals surface area contributed by atoms with E-state index < -0.39 is 11.8 Å². The Hall–Kier alpha value is -4.54. The van der Waals surface area contributed by atoms with Crippen molar-refractivity contribution >= 4 is 18.0 Å². The maximum atomic E-state index is 12.3. The lowest BCUT2D eigenvalue weighted by Gasteiger charge is -2.09. The zero-order chi connectivity index (χ0) is 24.5. The number of benzene rings is 2. The molecule has 1 aromatic heterocycles. The highest BCUT2D eigenvalue weighted by Gasteiger charge is 2.13. The molecule has 2 amide bonds. The van der Waals surface area contributed by atoms with Crippen LogP contribution in [0.3, 0.4) is 0 Å². The van der Waals surface area contributed by atoms with Gasteiger partial charge in [0.2, 0.25) is 0 Å². The Labute approximate surface area is 196 Å². The minimum absolute atomic E-state index is 0.265. The van der Waals surface area contributed by atoms with Crippen LogP contribution in [0.25, 0.3) is 11.3 Å². The number of amides is 2. The maximum absolute atomic E-state index is 12.3. The molecule has 0 bridgehead atoms. The topological polar surface area (TPSA) is 136 Å². The van der Waals surface area contributed by atoms with Gasteiger partial charge in [0, 0.05) is 16.7 Å². The summed E-state index contributed by atoms with van der Waals surface area (Å²) >= 11 is 0. The van der Waals surface area contributed by atoms with Crippen molar-refractivity contribution in [1.29, 1.82) is 0 Å². The van der Waals surface area contributed by atoms with Crippen LogP contribution in [0.2, 0.25) is 0 Å². The van der Waals surface area contributed by atoms with E-state index in [0.717, 1.165) is 5.56 Å². The average molecular weight is 467 g/mol. The molecule has 3 aromatic rings. The standard InChI is InChI=1S/C23H25N5O6/c1-31-17-7-5-14(9-19(17)33-3)22-16(12-26-28-22)11-25-27-21(29)13-24-23(30)15-6-8-18(32-2)20(10-15)34-4/h5-12H,13H2,1-4H3,(H,24,30)(H,26,28)(H,27,29)/b25-11+. The molecule has 3 N–H and O–H groups in total. The number of carbonyl (C=O) groups is 2. The number of hydrogen-bond acceptors (Lipinski definition) is 8. The number of nitrogens with zero attached hydrogens (tertiary/aromatic N) is 2. The maximum Gasteiger partial charge on any atom is 0.259 e. The van der Waals surface area contributed by atoms with Crippen LogP contribution in [0.4, 0.5) is 0 Å². The van der Waals surface area contributed by atoms with E-state index in [4.69, 9.17) is 18.9 Å². The van der Waals surface area contributed by atoms with E-state index in [9.17, 15) is 9.59 Å². The molecular formula is C23H25N5O6. The molecule has 178 valence electrons. The molecule has 34 heavy (non-hydrogen) atoms. The normalized spacial score (nSPS) is 10.6. The largest absolute Gasteiger partial charge is 0.493 e. The number of aromatic nitrogens is 2. The van der Waals surface area contributed by atoms with Crippen LogP contribution in [0.5, 0.6) is 23.0 Å². The highest BCUT2D eigenvalue weighted by molar-refractivity contribution is 5.97. The van der Waals surface area contributed by atoms with Gasteiger partial charge >= 0.3 is 0 Å². The molecule has 0 aliphatic carbocycles. The van der Waals surface area contributed by atoms with Crippen molar-refractivity contribution in [2.75, 3.05) is 35.0 Å². The van der Waals surface area contributed by atoms with Crippen LogP contribution in [0, 0.1) is 0 Å². The van der Waals surface area contributed by atoms with Crippen molar-refractivity contribution in [3.8, 4) is 34.3 Å². The van der Waals surface area contributed by atoms with Gasteiger partial charge < -0.3 is 24.3 Å².